The molecule has 0 bridgehead atoms. The number of carbonyl (C=O) groups is 1. The summed E-state index contributed by atoms with van der Waals surface area (Å²) >= 11 is 0. The van der Waals surface area contributed by atoms with Gasteiger partial charge in [0, 0.05) is 19.7 Å². The van der Waals surface area contributed by atoms with Gasteiger partial charge in [-0.3, -0.25) is 4.79 Å². The van der Waals surface area contributed by atoms with Gasteiger partial charge in [-0.15, -0.1) is 0 Å². The van der Waals surface area contributed by atoms with Crippen LogP contribution in [0.2, 0.25) is 0 Å². The van der Waals surface area contributed by atoms with Crippen molar-refractivity contribution in [2.24, 2.45) is 5.84 Å². The van der Waals surface area contributed by atoms with Gasteiger partial charge in [0.05, 0.1) is 6.54 Å². The van der Waals surface area contributed by atoms with E-state index in [2.05, 4.69) is 26.0 Å². The topological polar surface area (TPSA) is 114 Å². The minimum atomic E-state index is -0.105. The molecule has 0 fully saturated rings. The predicted molar refractivity (Wildman–Crippen MR) is 67.7 cm³/mol. The molecule has 0 unspecified atom stereocenters. The normalized spacial score (nSPS) is 9.94. The summed E-state index contributed by atoms with van der Waals surface area (Å²) in [6, 6.07) is 1.61. The molecule has 100 valence electrons. The van der Waals surface area contributed by atoms with Crippen LogP contribution in [0.15, 0.2) is 6.07 Å². The highest BCUT2D eigenvalue weighted by Gasteiger charge is 2.05. The third-order valence-corrected chi connectivity index (χ3v) is 2.00. The van der Waals surface area contributed by atoms with Gasteiger partial charge in [0.2, 0.25) is 5.91 Å². The average molecular weight is 254 g/mol. The van der Waals surface area contributed by atoms with Gasteiger partial charge in [0.15, 0.2) is 5.82 Å². The van der Waals surface area contributed by atoms with Gasteiger partial charge in [-0.05, 0) is 6.92 Å². The number of nitrogen functional groups attached to an aromatic ring is 1. The molecule has 1 rings (SSSR count). The zero-order valence-corrected chi connectivity index (χ0v) is 10.5. The smallest absolute Gasteiger partial charge is 0.239 e. The van der Waals surface area contributed by atoms with Crippen LogP contribution >= 0.6 is 0 Å². The molecule has 0 aromatic carbocycles. The molecule has 1 heterocycles. The molecule has 0 aliphatic carbocycles. The molecule has 8 nitrogen and oxygen atoms in total. The molecule has 5 N–H and O–H groups in total. The van der Waals surface area contributed by atoms with Gasteiger partial charge < -0.3 is 20.8 Å². The Bertz CT molecular complexity index is 398. The molecule has 0 spiro atoms. The highest BCUT2D eigenvalue weighted by atomic mass is 16.5. The third kappa shape index (κ3) is 4.52. The van der Waals surface area contributed by atoms with Crippen LogP contribution in [0.3, 0.4) is 0 Å². The van der Waals surface area contributed by atoms with Crippen molar-refractivity contribution in [3.8, 4) is 0 Å². The average Bonchev–Trinajstić information content (AvgIpc) is 2.37. The van der Waals surface area contributed by atoms with Crippen molar-refractivity contribution in [1.82, 2.24) is 15.3 Å². The molecule has 1 amide bonds. The van der Waals surface area contributed by atoms with E-state index in [-0.39, 0.29) is 19.1 Å². The maximum atomic E-state index is 11.3. The van der Waals surface area contributed by atoms with Gasteiger partial charge in [0.1, 0.15) is 18.2 Å². The maximum Gasteiger partial charge on any atom is 0.239 e. The Kier molecular flexibility index (Phi) is 5.81. The molecule has 18 heavy (non-hydrogen) atoms. The quantitative estimate of drug-likeness (QED) is 0.381. The fourth-order valence-corrected chi connectivity index (χ4v) is 1.29. The first-order valence-corrected chi connectivity index (χ1v) is 5.53. The summed E-state index contributed by atoms with van der Waals surface area (Å²) in [5.41, 5.74) is 2.43. The Morgan fingerprint density at radius 2 is 2.17 bits per heavy atom. The van der Waals surface area contributed by atoms with Crippen molar-refractivity contribution in [2.45, 2.75) is 13.5 Å². The van der Waals surface area contributed by atoms with Crippen molar-refractivity contribution in [1.29, 1.82) is 0 Å². The summed E-state index contributed by atoms with van der Waals surface area (Å²) in [6.45, 7) is 2.86. The molecule has 0 radical (unpaired) electrons. The minimum absolute atomic E-state index is 0.105. The van der Waals surface area contributed by atoms with Crippen molar-refractivity contribution >= 4 is 17.5 Å². The molecule has 0 saturated heterocycles. The van der Waals surface area contributed by atoms with E-state index in [1.165, 1.54) is 0 Å². The van der Waals surface area contributed by atoms with Crippen LogP contribution in [0.5, 0.6) is 0 Å². The first-order chi connectivity index (χ1) is 8.69. The lowest BCUT2D eigenvalue weighted by Gasteiger charge is -2.09. The Balaban J connectivity index is 2.68. The second kappa shape index (κ2) is 7.41. The number of aromatic nitrogens is 2. The molecule has 0 atom stereocenters. The van der Waals surface area contributed by atoms with Crippen LogP contribution < -0.4 is 21.9 Å². The molecule has 8 heteroatoms. The standard InChI is InChI=1S/C10H18N6O2/c1-3-12-10(17)5-13-7-4-8(16-11)15-9(14-7)6-18-2/h4H,3,5-6,11H2,1-2H3,(H,12,17)(H2,13,14,15,16). The second-order valence-electron chi connectivity index (χ2n) is 3.44. The number of likely N-dealkylation sites (N-methyl/N-ethyl adjacent to an activating group) is 1. The first-order valence-electron chi connectivity index (χ1n) is 5.53. The molecule has 0 aliphatic rings. The summed E-state index contributed by atoms with van der Waals surface area (Å²) in [7, 11) is 1.55. The number of nitrogens with two attached hydrogens (primary N) is 1. The monoisotopic (exact) mass is 254 g/mol. The number of ether oxygens (including phenoxy) is 1. The number of hydrogen-bond acceptors (Lipinski definition) is 7. The van der Waals surface area contributed by atoms with E-state index in [9.17, 15) is 4.79 Å². The summed E-state index contributed by atoms with van der Waals surface area (Å²) in [5.74, 6) is 6.64. The van der Waals surface area contributed by atoms with Crippen molar-refractivity contribution < 1.29 is 9.53 Å². The van der Waals surface area contributed by atoms with Gasteiger partial charge in [-0.2, -0.15) is 0 Å². The molecule has 0 aliphatic heterocycles. The number of carbonyl (C=O) groups excluding carboxylic acids is 1. The lowest BCUT2D eigenvalue weighted by molar-refractivity contribution is -0.119. The fraction of sp³-hybridized carbons (Fsp3) is 0.500. The largest absolute Gasteiger partial charge is 0.377 e. The number of methoxy groups -OCH3 is 1. The summed E-state index contributed by atoms with van der Waals surface area (Å²) in [5, 5.41) is 5.56. The molecular weight excluding hydrogens is 236 g/mol. The van der Waals surface area contributed by atoms with E-state index < -0.39 is 0 Å². The number of hydrazine groups is 1. The Labute approximate surface area is 105 Å². The van der Waals surface area contributed by atoms with Crippen LogP contribution in [0.4, 0.5) is 11.6 Å². The highest BCUT2D eigenvalue weighted by molar-refractivity contribution is 5.80. The molecule has 1 aromatic rings. The Morgan fingerprint density at radius 1 is 1.44 bits per heavy atom. The first kappa shape index (κ1) is 14.1. The number of rotatable bonds is 7. The molecule has 0 saturated carbocycles. The second-order valence-corrected chi connectivity index (χ2v) is 3.44. The van der Waals surface area contributed by atoms with E-state index in [0.29, 0.717) is 24.0 Å². The van der Waals surface area contributed by atoms with Gasteiger partial charge in [-0.25, -0.2) is 15.8 Å². The summed E-state index contributed by atoms with van der Waals surface area (Å²) < 4.78 is 4.95. The summed E-state index contributed by atoms with van der Waals surface area (Å²) in [4.78, 5) is 19.6. The van der Waals surface area contributed by atoms with Crippen LogP contribution in [0.25, 0.3) is 0 Å². The Hall–Kier alpha value is -1.93. The lowest BCUT2D eigenvalue weighted by atomic mass is 10.4. The van der Waals surface area contributed by atoms with E-state index in [1.807, 2.05) is 6.92 Å². The highest BCUT2D eigenvalue weighted by Crippen LogP contribution is 2.10. The van der Waals surface area contributed by atoms with E-state index >= 15 is 0 Å². The SMILES string of the molecule is CCNC(=O)CNc1cc(NN)nc(COC)n1. The maximum absolute atomic E-state index is 11.3. The van der Waals surface area contributed by atoms with Gasteiger partial charge >= 0.3 is 0 Å². The fourth-order valence-electron chi connectivity index (χ4n) is 1.29. The zero-order valence-electron chi connectivity index (χ0n) is 10.5. The predicted octanol–water partition coefficient (Wildman–Crippen LogP) is -0.543. The number of anilines is 2. The van der Waals surface area contributed by atoms with Crippen molar-refractivity contribution in [3.05, 3.63) is 11.9 Å². The lowest BCUT2D eigenvalue weighted by Crippen LogP contribution is -2.29. The molecule has 1 aromatic heterocycles. The van der Waals surface area contributed by atoms with Gasteiger partial charge in [0.25, 0.3) is 0 Å². The van der Waals surface area contributed by atoms with Crippen LogP contribution in [0, 0.1) is 0 Å². The summed E-state index contributed by atoms with van der Waals surface area (Å²) in [6.07, 6.45) is 0. The minimum Gasteiger partial charge on any atom is -0.377 e. The number of hydrogen-bond donors (Lipinski definition) is 4. The number of amides is 1. The van der Waals surface area contributed by atoms with E-state index in [4.69, 9.17) is 10.6 Å². The van der Waals surface area contributed by atoms with E-state index in [0.717, 1.165) is 0 Å². The number of nitrogens with one attached hydrogen (secondary N) is 3. The van der Waals surface area contributed by atoms with Gasteiger partial charge in [-0.1, -0.05) is 0 Å². The number of nitrogens with zero attached hydrogens (tertiary/aromatic N) is 2. The van der Waals surface area contributed by atoms with Crippen molar-refractivity contribution in [3.63, 3.8) is 0 Å². The van der Waals surface area contributed by atoms with E-state index in [1.54, 1.807) is 13.2 Å². The third-order valence-electron chi connectivity index (χ3n) is 2.00. The van der Waals surface area contributed by atoms with Crippen molar-refractivity contribution in [2.75, 3.05) is 30.9 Å². The Morgan fingerprint density at radius 3 is 2.78 bits per heavy atom. The van der Waals surface area contributed by atoms with Crippen LogP contribution in [-0.4, -0.2) is 36.1 Å². The van der Waals surface area contributed by atoms with Crippen LogP contribution in [0.1, 0.15) is 12.7 Å². The zero-order chi connectivity index (χ0) is 13.4. The van der Waals surface area contributed by atoms with Crippen LogP contribution in [-0.2, 0) is 16.1 Å². The molecular formula is C10H18N6O2.